The van der Waals surface area contributed by atoms with Gasteiger partial charge in [0.1, 0.15) is 22.7 Å². The van der Waals surface area contributed by atoms with Gasteiger partial charge in [0.05, 0.1) is 11.4 Å². The maximum Gasteiger partial charge on any atom is 0.347 e. The smallest absolute Gasteiger partial charge is 0.347 e. The highest BCUT2D eigenvalue weighted by molar-refractivity contribution is 8.00. The highest BCUT2D eigenvalue weighted by Gasteiger charge is 2.70. The number of aromatic nitrogens is 5. The summed E-state index contributed by atoms with van der Waals surface area (Å²) < 4.78 is 11.7. The molecular weight excluding hydrogens is 551 g/mol. The molecule has 3 aliphatic rings. The summed E-state index contributed by atoms with van der Waals surface area (Å²) in [5.74, 6) is -2.45. The summed E-state index contributed by atoms with van der Waals surface area (Å²) in [6.07, 6.45) is 0.0579. The molecule has 3 saturated heterocycles. The van der Waals surface area contributed by atoms with Crippen LogP contribution in [0.15, 0.2) is 10.5 Å². The number of tetrazole rings is 1. The first-order chi connectivity index (χ1) is 18.4. The van der Waals surface area contributed by atoms with Crippen molar-refractivity contribution in [1.82, 2.24) is 35.3 Å². The quantitative estimate of drug-likeness (QED) is 0.144. The fourth-order valence-corrected chi connectivity index (χ4v) is 6.72. The zero-order valence-electron chi connectivity index (χ0n) is 21.3. The molecule has 3 fully saturated rings. The van der Waals surface area contributed by atoms with Crippen molar-refractivity contribution in [2.75, 3.05) is 12.4 Å². The number of carbonyl (C=O) groups excluding carboxylic acids is 4. The number of fused-ring (bicyclic) bond motifs is 3. The number of thioether (sulfide) groups is 1. The Hall–Kier alpha value is -3.54. The third kappa shape index (κ3) is 4.86. The number of hydrogen-bond donors (Lipinski definition) is 1. The molecule has 0 aromatic carbocycles. The van der Waals surface area contributed by atoms with Crippen LogP contribution in [-0.4, -0.2) is 96.8 Å². The number of amides is 2. The van der Waals surface area contributed by atoms with Crippen LogP contribution in [0.1, 0.15) is 43.7 Å². The third-order valence-electron chi connectivity index (χ3n) is 6.04. The van der Waals surface area contributed by atoms with Crippen molar-refractivity contribution in [3.05, 3.63) is 21.9 Å². The molecule has 0 unspecified atom stereocenters. The molecule has 0 saturated carbocycles. The molecule has 0 bridgehead atoms. The van der Waals surface area contributed by atoms with Crippen molar-refractivity contribution in [2.24, 2.45) is 11.1 Å². The Balaban J connectivity index is 1.35. The van der Waals surface area contributed by atoms with E-state index in [1.165, 1.54) is 28.0 Å². The van der Waals surface area contributed by atoms with Gasteiger partial charge >= 0.3 is 11.9 Å². The monoisotopic (exact) mass is 574 g/mol. The first-order valence-corrected chi connectivity index (χ1v) is 13.7. The van der Waals surface area contributed by atoms with Crippen LogP contribution in [0.5, 0.6) is 0 Å². The van der Waals surface area contributed by atoms with Gasteiger partial charge in [0.25, 0.3) is 25.5 Å². The van der Waals surface area contributed by atoms with Crippen LogP contribution in [0, 0.1) is 12.8 Å². The molecule has 5 heterocycles. The van der Waals surface area contributed by atoms with Gasteiger partial charge in [-0.15, -0.1) is 28.2 Å². The number of oxime groups is 1. The predicted octanol–water partition coefficient (Wildman–Crippen LogP) is -0.752. The number of aryl methyl sites for hydroxylation is 1. The molecule has 0 aliphatic carbocycles. The molecule has 5 rings (SSSR count). The summed E-state index contributed by atoms with van der Waals surface area (Å²) >= 11 is 2.66. The van der Waals surface area contributed by atoms with Crippen molar-refractivity contribution < 1.29 is 33.5 Å². The van der Waals surface area contributed by atoms with E-state index < -0.39 is 59.0 Å². The second-order valence-corrected chi connectivity index (χ2v) is 12.2. The van der Waals surface area contributed by atoms with Crippen molar-refractivity contribution in [1.29, 1.82) is 0 Å². The lowest BCUT2D eigenvalue weighted by atomic mass is 9.88. The molecule has 39 heavy (non-hydrogen) atoms. The lowest BCUT2D eigenvalue weighted by Crippen LogP contribution is -2.78. The molecule has 0 spiro atoms. The predicted molar refractivity (Wildman–Crippen MR) is 135 cm³/mol. The van der Waals surface area contributed by atoms with Crippen LogP contribution in [0.2, 0.25) is 0 Å². The average Bonchev–Trinajstić information content (AvgIpc) is 3.55. The van der Waals surface area contributed by atoms with E-state index in [1.54, 1.807) is 33.1 Å². The highest BCUT2D eigenvalue weighted by Crippen LogP contribution is 2.55. The van der Waals surface area contributed by atoms with Crippen molar-refractivity contribution in [2.45, 2.75) is 56.9 Å². The van der Waals surface area contributed by atoms with Crippen molar-refractivity contribution in [3.63, 3.8) is 0 Å². The molecule has 4 atom stereocenters. The number of esters is 2. The normalized spacial score (nSPS) is 26.3. The van der Waals surface area contributed by atoms with Crippen LogP contribution >= 0.6 is 23.1 Å². The van der Waals surface area contributed by atoms with Crippen molar-refractivity contribution in [3.8, 4) is 0 Å². The van der Waals surface area contributed by atoms with Gasteiger partial charge in [-0.3, -0.25) is 23.9 Å². The number of nitrogens with one attached hydrogen (secondary N) is 1. The SMILES string of the molecule is [B]n1nnnc1[C@]12OC(=O)C[C@H]1CS[C@@H]1[C@H](NC(=O)/C(=N\OCC(=O)OC(C)(C)C)c3csc(C)n3)C(=O)N12. The maximum atomic E-state index is 13.4. The number of nitrogens with zero attached hydrogens (tertiary/aromatic N) is 7. The molecule has 3 aliphatic heterocycles. The van der Waals surface area contributed by atoms with E-state index in [2.05, 4.69) is 31.0 Å². The van der Waals surface area contributed by atoms with E-state index in [1.807, 2.05) is 0 Å². The van der Waals surface area contributed by atoms with E-state index >= 15 is 0 Å². The number of rotatable bonds is 7. The van der Waals surface area contributed by atoms with Gasteiger partial charge in [-0.05, 0) is 32.9 Å². The summed E-state index contributed by atoms with van der Waals surface area (Å²) in [5.41, 5.74) is -2.31. The van der Waals surface area contributed by atoms with Gasteiger partial charge in [-0.1, -0.05) is 10.4 Å². The van der Waals surface area contributed by atoms with Gasteiger partial charge in [0.2, 0.25) is 12.4 Å². The largest absolute Gasteiger partial charge is 0.457 e. The number of thiazole rings is 1. The minimum atomic E-state index is -1.58. The maximum absolute atomic E-state index is 13.4. The number of β-lactam (4-membered cyclic amide) rings is 1. The molecule has 2 aromatic heterocycles. The molecular formula is C21H23BN8O7S2. The number of ether oxygens (including phenoxy) is 2. The fourth-order valence-electron chi connectivity index (χ4n) is 4.56. The van der Waals surface area contributed by atoms with Gasteiger partial charge in [0, 0.05) is 17.1 Å². The van der Waals surface area contributed by atoms with Gasteiger partial charge in [-0.25, -0.2) is 9.78 Å². The minimum absolute atomic E-state index is 0.0116. The van der Waals surface area contributed by atoms with Crippen LogP contribution in [-0.2, 0) is 39.2 Å². The second-order valence-electron chi connectivity index (χ2n) is 9.95. The first kappa shape index (κ1) is 27.0. The second kappa shape index (κ2) is 9.89. The van der Waals surface area contributed by atoms with E-state index in [4.69, 9.17) is 22.3 Å². The highest BCUT2D eigenvalue weighted by atomic mass is 32.2. The summed E-state index contributed by atoms with van der Waals surface area (Å²) in [5, 5.41) is 19.3. The van der Waals surface area contributed by atoms with Crippen LogP contribution in [0.3, 0.4) is 0 Å². The standard InChI is InChI=1S/C21H23BN8O7S2/c1-9-23-11(8-38-9)14(26-35-6-13(32)36-20(2,3)4)16(33)24-15-17(34)29-18(15)39-7-10-5-12(31)37-21(10,29)19-25-27-28-30(19)22/h8,10,15,18H,5-7H2,1-4H3,(H,24,33)/b26-14-/t10-,15+,18+,21+/m0/s1. The number of hydrogen-bond acceptors (Lipinski definition) is 14. The molecule has 1 N–H and O–H groups in total. The molecule has 18 heteroatoms. The van der Waals surface area contributed by atoms with E-state index in [0.717, 1.165) is 4.59 Å². The fraction of sp³-hybridized carbons (Fsp3) is 0.571. The number of carbonyl (C=O) groups is 4. The first-order valence-electron chi connectivity index (χ1n) is 11.8. The summed E-state index contributed by atoms with van der Waals surface area (Å²) in [6, 6.07) is -0.988. The van der Waals surface area contributed by atoms with Crippen molar-refractivity contribution >= 4 is 60.5 Å². The van der Waals surface area contributed by atoms with E-state index in [9.17, 15) is 19.2 Å². The zero-order valence-corrected chi connectivity index (χ0v) is 22.9. The van der Waals surface area contributed by atoms with Crippen LogP contribution in [0.25, 0.3) is 0 Å². The van der Waals surface area contributed by atoms with Crippen LogP contribution < -0.4 is 5.32 Å². The van der Waals surface area contributed by atoms with Crippen LogP contribution in [0.4, 0.5) is 0 Å². The Kier molecular flexibility index (Phi) is 6.86. The lowest BCUT2D eigenvalue weighted by molar-refractivity contribution is -0.210. The molecule has 204 valence electrons. The topological polar surface area (TPSA) is 180 Å². The van der Waals surface area contributed by atoms with E-state index in [-0.39, 0.29) is 23.7 Å². The lowest BCUT2D eigenvalue weighted by Gasteiger charge is -2.57. The minimum Gasteiger partial charge on any atom is -0.457 e. The average molecular weight is 574 g/mol. The van der Waals surface area contributed by atoms with Gasteiger partial charge in [0.15, 0.2) is 5.71 Å². The summed E-state index contributed by atoms with van der Waals surface area (Å²) in [7, 11) is 5.87. The Labute approximate surface area is 231 Å². The molecule has 2 amide bonds. The summed E-state index contributed by atoms with van der Waals surface area (Å²) in [6.45, 7) is 6.34. The van der Waals surface area contributed by atoms with E-state index in [0.29, 0.717) is 10.8 Å². The molecule has 2 aromatic rings. The van der Waals surface area contributed by atoms with Gasteiger partial charge in [-0.2, -0.15) is 0 Å². The Morgan fingerprint density at radius 3 is 2.77 bits per heavy atom. The van der Waals surface area contributed by atoms with Gasteiger partial charge < -0.3 is 19.6 Å². The summed E-state index contributed by atoms with van der Waals surface area (Å²) in [4.78, 5) is 61.8. The third-order valence-corrected chi connectivity index (χ3v) is 8.23. The molecule has 15 nitrogen and oxygen atoms in total. The molecule has 2 radical (unpaired) electrons. The Morgan fingerprint density at radius 1 is 1.36 bits per heavy atom. The Morgan fingerprint density at radius 2 is 2.13 bits per heavy atom. The zero-order chi connectivity index (χ0) is 28.1. The Bertz CT molecular complexity index is 1370.